The van der Waals surface area contributed by atoms with E-state index in [4.69, 9.17) is 4.42 Å². The van der Waals surface area contributed by atoms with Crippen LogP contribution in [0.3, 0.4) is 0 Å². The van der Waals surface area contributed by atoms with Gasteiger partial charge in [0.1, 0.15) is 5.76 Å². The molecule has 1 N–H and O–H groups in total. The lowest BCUT2D eigenvalue weighted by Gasteiger charge is -2.14. The van der Waals surface area contributed by atoms with Crippen LogP contribution in [0.15, 0.2) is 41.3 Å². The average molecular weight is 271 g/mol. The summed E-state index contributed by atoms with van der Waals surface area (Å²) in [6, 6.07) is 6.95. The maximum atomic E-state index is 5.63. The minimum absolute atomic E-state index is 0.738. The van der Waals surface area contributed by atoms with Crippen molar-refractivity contribution < 1.29 is 4.42 Å². The highest BCUT2D eigenvalue weighted by atomic mass is 16.3. The van der Waals surface area contributed by atoms with Crippen LogP contribution in [-0.4, -0.2) is 23.0 Å². The van der Waals surface area contributed by atoms with E-state index in [-0.39, 0.29) is 0 Å². The Bertz CT molecular complexity index is 534. The van der Waals surface area contributed by atoms with Gasteiger partial charge in [-0.3, -0.25) is 9.88 Å². The first-order valence-corrected chi connectivity index (χ1v) is 7.17. The Balaban J connectivity index is 1.49. The largest absolute Gasteiger partial charge is 0.468 e. The molecular weight excluding hydrogens is 250 g/mol. The van der Waals surface area contributed by atoms with Crippen LogP contribution in [0.25, 0.3) is 0 Å². The van der Waals surface area contributed by atoms with E-state index in [1.807, 2.05) is 18.5 Å². The first-order valence-electron chi connectivity index (χ1n) is 7.17. The lowest BCUT2D eigenvalue weighted by atomic mass is 10.2. The summed E-state index contributed by atoms with van der Waals surface area (Å²) in [5, 5.41) is 3.50. The Labute approximate surface area is 119 Å². The highest BCUT2D eigenvalue weighted by molar-refractivity contribution is 5.13. The van der Waals surface area contributed by atoms with Gasteiger partial charge in [-0.2, -0.15) is 0 Å². The Morgan fingerprint density at radius 2 is 2.25 bits per heavy atom. The summed E-state index contributed by atoms with van der Waals surface area (Å²) >= 11 is 0. The van der Waals surface area contributed by atoms with E-state index < -0.39 is 0 Å². The SMILES string of the molecule is CN(Cc1cccnc1)Cc1cc(CNC2CC2)co1. The topological polar surface area (TPSA) is 41.3 Å². The van der Waals surface area contributed by atoms with Gasteiger partial charge in [-0.15, -0.1) is 0 Å². The highest BCUT2D eigenvalue weighted by Crippen LogP contribution is 2.20. The molecule has 2 aromatic rings. The molecule has 2 heterocycles. The third-order valence-corrected chi connectivity index (χ3v) is 3.48. The summed E-state index contributed by atoms with van der Waals surface area (Å²) in [4.78, 5) is 6.37. The van der Waals surface area contributed by atoms with E-state index >= 15 is 0 Å². The number of nitrogens with zero attached hydrogens (tertiary/aromatic N) is 2. The second kappa shape index (κ2) is 6.20. The van der Waals surface area contributed by atoms with Crippen molar-refractivity contribution in [2.75, 3.05) is 7.05 Å². The van der Waals surface area contributed by atoms with Gasteiger partial charge in [0, 0.05) is 37.1 Å². The molecule has 2 aromatic heterocycles. The molecule has 1 aliphatic carbocycles. The number of furan rings is 1. The van der Waals surface area contributed by atoms with E-state index in [1.165, 1.54) is 24.0 Å². The van der Waals surface area contributed by atoms with Gasteiger partial charge in [0.05, 0.1) is 12.8 Å². The fourth-order valence-corrected chi connectivity index (χ4v) is 2.28. The molecule has 1 saturated carbocycles. The molecule has 20 heavy (non-hydrogen) atoms. The molecule has 0 aromatic carbocycles. The van der Waals surface area contributed by atoms with Gasteiger partial charge in [0.25, 0.3) is 0 Å². The van der Waals surface area contributed by atoms with Gasteiger partial charge in [0.15, 0.2) is 0 Å². The molecule has 4 heteroatoms. The molecule has 0 bridgehead atoms. The zero-order chi connectivity index (χ0) is 13.8. The first kappa shape index (κ1) is 13.3. The smallest absolute Gasteiger partial charge is 0.118 e. The zero-order valence-corrected chi connectivity index (χ0v) is 11.9. The molecule has 0 radical (unpaired) electrons. The van der Waals surface area contributed by atoms with Crippen LogP contribution in [0.2, 0.25) is 0 Å². The standard InChI is InChI=1S/C16H21N3O/c1-19(10-13-3-2-6-17-8-13)11-16-7-14(12-20-16)9-18-15-4-5-15/h2-3,6-8,12,15,18H,4-5,9-11H2,1H3. The monoisotopic (exact) mass is 271 g/mol. The van der Waals surface area contributed by atoms with Crippen LogP contribution in [0, 0.1) is 0 Å². The third kappa shape index (κ3) is 3.92. The fourth-order valence-electron chi connectivity index (χ4n) is 2.28. The third-order valence-electron chi connectivity index (χ3n) is 3.48. The molecule has 1 fully saturated rings. The maximum absolute atomic E-state index is 5.63. The number of hydrogen-bond donors (Lipinski definition) is 1. The molecule has 0 spiro atoms. The van der Waals surface area contributed by atoms with Crippen molar-refractivity contribution in [2.24, 2.45) is 0 Å². The molecule has 0 aliphatic heterocycles. The predicted molar refractivity (Wildman–Crippen MR) is 78.0 cm³/mol. The molecular formula is C16H21N3O. The van der Waals surface area contributed by atoms with Crippen LogP contribution >= 0.6 is 0 Å². The molecule has 0 saturated heterocycles. The molecule has 1 aliphatic rings. The molecule has 3 rings (SSSR count). The summed E-state index contributed by atoms with van der Waals surface area (Å²) < 4.78 is 5.63. The summed E-state index contributed by atoms with van der Waals surface area (Å²) in [5.74, 6) is 1.02. The number of aromatic nitrogens is 1. The highest BCUT2D eigenvalue weighted by Gasteiger charge is 2.20. The van der Waals surface area contributed by atoms with E-state index in [1.54, 1.807) is 6.20 Å². The van der Waals surface area contributed by atoms with Crippen molar-refractivity contribution in [3.8, 4) is 0 Å². The summed E-state index contributed by atoms with van der Waals surface area (Å²) in [6.45, 7) is 2.61. The molecule has 0 amide bonds. The van der Waals surface area contributed by atoms with Crippen molar-refractivity contribution in [1.29, 1.82) is 0 Å². The minimum atomic E-state index is 0.738. The van der Waals surface area contributed by atoms with Crippen molar-refractivity contribution in [2.45, 2.75) is 38.5 Å². The number of pyridine rings is 1. The zero-order valence-electron chi connectivity index (χ0n) is 11.9. The van der Waals surface area contributed by atoms with Crippen LogP contribution in [0.4, 0.5) is 0 Å². The Kier molecular flexibility index (Phi) is 4.14. The molecule has 0 unspecified atom stereocenters. The lowest BCUT2D eigenvalue weighted by molar-refractivity contribution is 0.287. The molecule has 106 valence electrons. The Hall–Kier alpha value is -1.65. The van der Waals surface area contributed by atoms with Crippen molar-refractivity contribution >= 4 is 0 Å². The van der Waals surface area contributed by atoms with E-state index in [2.05, 4.69) is 34.4 Å². The van der Waals surface area contributed by atoms with E-state index in [0.717, 1.165) is 31.4 Å². The second-order valence-corrected chi connectivity index (χ2v) is 5.61. The lowest BCUT2D eigenvalue weighted by Crippen LogP contribution is -2.17. The van der Waals surface area contributed by atoms with Gasteiger partial charge < -0.3 is 9.73 Å². The Morgan fingerprint density at radius 1 is 1.35 bits per heavy atom. The van der Waals surface area contributed by atoms with E-state index in [9.17, 15) is 0 Å². The second-order valence-electron chi connectivity index (χ2n) is 5.61. The number of nitrogens with one attached hydrogen (secondary N) is 1. The summed E-state index contributed by atoms with van der Waals surface area (Å²) in [6.07, 6.45) is 8.21. The van der Waals surface area contributed by atoms with Gasteiger partial charge in [-0.25, -0.2) is 0 Å². The summed E-state index contributed by atoms with van der Waals surface area (Å²) in [5.41, 5.74) is 2.46. The quantitative estimate of drug-likeness (QED) is 0.840. The van der Waals surface area contributed by atoms with Crippen LogP contribution in [-0.2, 0) is 19.6 Å². The van der Waals surface area contributed by atoms with Crippen LogP contribution in [0.5, 0.6) is 0 Å². The fraction of sp³-hybridized carbons (Fsp3) is 0.438. The first-order chi connectivity index (χ1) is 9.79. The van der Waals surface area contributed by atoms with Crippen molar-refractivity contribution in [3.05, 3.63) is 53.7 Å². The molecule has 0 atom stereocenters. The maximum Gasteiger partial charge on any atom is 0.118 e. The Morgan fingerprint density at radius 3 is 3.00 bits per heavy atom. The minimum Gasteiger partial charge on any atom is -0.468 e. The van der Waals surface area contributed by atoms with Crippen molar-refractivity contribution in [3.63, 3.8) is 0 Å². The predicted octanol–water partition coefficient (Wildman–Crippen LogP) is 2.56. The summed E-state index contributed by atoms with van der Waals surface area (Å²) in [7, 11) is 2.09. The van der Waals surface area contributed by atoms with E-state index in [0.29, 0.717) is 0 Å². The van der Waals surface area contributed by atoms with Crippen molar-refractivity contribution in [1.82, 2.24) is 15.2 Å². The van der Waals surface area contributed by atoms with Crippen LogP contribution < -0.4 is 5.32 Å². The van der Waals surface area contributed by atoms with Gasteiger partial charge in [-0.1, -0.05) is 6.07 Å². The number of hydrogen-bond acceptors (Lipinski definition) is 4. The average Bonchev–Trinajstić information content (AvgIpc) is 3.18. The normalized spacial score (nSPS) is 14.9. The van der Waals surface area contributed by atoms with Gasteiger partial charge in [0.2, 0.25) is 0 Å². The molecule has 4 nitrogen and oxygen atoms in total. The number of rotatable bonds is 7. The van der Waals surface area contributed by atoms with Gasteiger partial charge >= 0.3 is 0 Å². The van der Waals surface area contributed by atoms with Crippen LogP contribution in [0.1, 0.15) is 29.7 Å². The van der Waals surface area contributed by atoms with Gasteiger partial charge in [-0.05, 0) is 37.6 Å².